The predicted molar refractivity (Wildman–Crippen MR) is 79.8 cm³/mol. The minimum absolute atomic E-state index is 0. The molecule has 0 amide bonds. The molecule has 2 atom stereocenters. The molecule has 2 rings (SSSR count). The van der Waals surface area contributed by atoms with Gasteiger partial charge in [-0.1, -0.05) is 58.0 Å². The quantitative estimate of drug-likeness (QED) is 0.779. The Balaban J connectivity index is 0. The first-order valence-electron chi connectivity index (χ1n) is 6.67. The van der Waals surface area contributed by atoms with Gasteiger partial charge in [-0.2, -0.15) is 0 Å². The van der Waals surface area contributed by atoms with Gasteiger partial charge < -0.3 is 5.32 Å². The largest absolute Gasteiger partial charge is 0.365 e. The highest BCUT2D eigenvalue weighted by Crippen LogP contribution is 2.10. The summed E-state index contributed by atoms with van der Waals surface area (Å²) in [6.45, 7) is 12.3. The summed E-state index contributed by atoms with van der Waals surface area (Å²) in [4.78, 5) is 4.55. The molecular weight excluding hydrogens is 208 g/mol. The molecule has 0 saturated carbocycles. The Morgan fingerprint density at radius 1 is 1.00 bits per heavy atom. The summed E-state index contributed by atoms with van der Waals surface area (Å²) in [5.74, 6) is 1.03. The first kappa shape index (κ1) is 15.7. The van der Waals surface area contributed by atoms with Crippen molar-refractivity contribution >= 4 is 5.84 Å². The van der Waals surface area contributed by atoms with E-state index in [1.807, 2.05) is 45.9 Å². The van der Waals surface area contributed by atoms with E-state index in [-0.39, 0.29) is 1.43 Å². The summed E-state index contributed by atoms with van der Waals surface area (Å²) in [6, 6.07) is 11.1. The van der Waals surface area contributed by atoms with E-state index in [1.54, 1.807) is 0 Å². The Morgan fingerprint density at radius 2 is 1.53 bits per heavy atom. The maximum atomic E-state index is 4.55. The number of benzene rings is 1. The fourth-order valence-corrected chi connectivity index (χ4v) is 1.44. The summed E-state index contributed by atoms with van der Waals surface area (Å²) in [5, 5.41) is 3.37. The molecule has 0 radical (unpaired) electrons. The van der Waals surface area contributed by atoms with Crippen LogP contribution in [-0.2, 0) is 0 Å². The zero-order chi connectivity index (χ0) is 13.3. The van der Waals surface area contributed by atoms with Gasteiger partial charge in [-0.05, 0) is 13.8 Å². The van der Waals surface area contributed by atoms with Crippen LogP contribution in [0.15, 0.2) is 35.3 Å². The van der Waals surface area contributed by atoms with Crippen LogP contribution in [0.2, 0.25) is 0 Å². The Hall–Kier alpha value is -1.31. The highest BCUT2D eigenvalue weighted by Gasteiger charge is 2.20. The molecule has 1 aliphatic heterocycles. The summed E-state index contributed by atoms with van der Waals surface area (Å²) >= 11 is 0. The molecule has 0 spiro atoms. The molecule has 1 aromatic carbocycles. The third kappa shape index (κ3) is 4.59. The lowest BCUT2D eigenvalue weighted by atomic mass is 10.2. The van der Waals surface area contributed by atoms with Crippen LogP contribution in [-0.4, -0.2) is 17.9 Å². The van der Waals surface area contributed by atoms with Crippen LogP contribution < -0.4 is 5.32 Å². The lowest BCUT2D eigenvalue weighted by Crippen LogP contribution is -2.30. The van der Waals surface area contributed by atoms with Gasteiger partial charge in [0.2, 0.25) is 0 Å². The molecular formula is C15H28N2. The first-order valence-corrected chi connectivity index (χ1v) is 6.67. The van der Waals surface area contributed by atoms with E-state index in [0.29, 0.717) is 12.1 Å². The normalized spacial score (nSPS) is 21.2. The van der Waals surface area contributed by atoms with Gasteiger partial charge in [-0.15, -0.1) is 0 Å². The van der Waals surface area contributed by atoms with Crippen LogP contribution in [0.5, 0.6) is 0 Å². The maximum Gasteiger partial charge on any atom is 0.128 e. The Labute approximate surface area is 108 Å². The molecule has 1 aromatic rings. The Morgan fingerprint density at radius 3 is 1.94 bits per heavy atom. The molecule has 2 nitrogen and oxygen atoms in total. The minimum Gasteiger partial charge on any atom is -0.365 e. The summed E-state index contributed by atoms with van der Waals surface area (Å²) in [5.41, 5.74) is 1.18. The number of rotatable bonds is 1. The number of aliphatic imine (C=N–C) groups is 1. The van der Waals surface area contributed by atoms with E-state index in [9.17, 15) is 0 Å². The molecule has 17 heavy (non-hydrogen) atoms. The van der Waals surface area contributed by atoms with Gasteiger partial charge in [0.15, 0.2) is 0 Å². The topological polar surface area (TPSA) is 24.4 Å². The van der Waals surface area contributed by atoms with Gasteiger partial charge in [0, 0.05) is 13.0 Å². The van der Waals surface area contributed by atoms with E-state index < -0.39 is 0 Å². The van der Waals surface area contributed by atoms with Gasteiger partial charge in [-0.3, -0.25) is 4.99 Å². The van der Waals surface area contributed by atoms with Crippen LogP contribution in [0.1, 0.15) is 48.5 Å². The SMILES string of the molecule is CC.CC.CC1N=C(c2ccccc2)NC1C.[HH]. The monoisotopic (exact) mass is 236 g/mol. The van der Waals surface area contributed by atoms with Crippen molar-refractivity contribution in [3.05, 3.63) is 35.9 Å². The van der Waals surface area contributed by atoms with Gasteiger partial charge in [0.25, 0.3) is 0 Å². The zero-order valence-electron chi connectivity index (χ0n) is 12.0. The predicted octanol–water partition coefficient (Wildman–Crippen LogP) is 4.11. The average Bonchev–Trinajstić information content (AvgIpc) is 2.76. The number of nitrogens with one attached hydrogen (secondary N) is 1. The van der Waals surface area contributed by atoms with E-state index in [0.717, 1.165) is 5.84 Å². The van der Waals surface area contributed by atoms with Crippen molar-refractivity contribution in [2.24, 2.45) is 4.99 Å². The number of nitrogens with zero attached hydrogens (tertiary/aromatic N) is 1. The number of amidine groups is 1. The maximum absolute atomic E-state index is 4.55. The molecule has 1 heterocycles. The van der Waals surface area contributed by atoms with Crippen molar-refractivity contribution in [3.8, 4) is 0 Å². The van der Waals surface area contributed by atoms with Crippen molar-refractivity contribution in [1.82, 2.24) is 5.32 Å². The van der Waals surface area contributed by atoms with Gasteiger partial charge in [0.1, 0.15) is 5.84 Å². The number of hydrogen-bond donors (Lipinski definition) is 1. The molecule has 0 fully saturated rings. The molecule has 0 aromatic heterocycles. The highest BCUT2D eigenvalue weighted by molar-refractivity contribution is 6.00. The molecule has 0 aliphatic carbocycles. The molecule has 98 valence electrons. The van der Waals surface area contributed by atoms with Crippen molar-refractivity contribution in [2.45, 2.75) is 53.6 Å². The van der Waals surface area contributed by atoms with Crippen LogP contribution in [0.4, 0.5) is 0 Å². The molecule has 2 unspecified atom stereocenters. The molecule has 2 heteroatoms. The first-order chi connectivity index (χ1) is 8.27. The molecule has 1 N–H and O–H groups in total. The van der Waals surface area contributed by atoms with Crippen LogP contribution >= 0.6 is 0 Å². The lowest BCUT2D eigenvalue weighted by molar-refractivity contribution is 0.601. The average molecular weight is 236 g/mol. The Bertz CT molecular complexity index is 323. The van der Waals surface area contributed by atoms with Crippen molar-refractivity contribution in [2.75, 3.05) is 0 Å². The Kier molecular flexibility index (Phi) is 8.12. The standard InChI is InChI=1S/C11H14N2.2C2H6.H2/c1-8-9(2)13-11(12-8)10-6-4-3-5-7-10;2*1-2;/h3-9H,1-2H3,(H,12,13);2*1-2H3;1H. The van der Waals surface area contributed by atoms with E-state index in [1.165, 1.54) is 5.56 Å². The lowest BCUT2D eigenvalue weighted by Gasteiger charge is -2.07. The van der Waals surface area contributed by atoms with Crippen LogP contribution in [0.3, 0.4) is 0 Å². The summed E-state index contributed by atoms with van der Waals surface area (Å²) in [7, 11) is 0. The third-order valence-electron chi connectivity index (χ3n) is 2.47. The summed E-state index contributed by atoms with van der Waals surface area (Å²) in [6.07, 6.45) is 0. The van der Waals surface area contributed by atoms with E-state index >= 15 is 0 Å². The van der Waals surface area contributed by atoms with Gasteiger partial charge in [-0.25, -0.2) is 0 Å². The summed E-state index contributed by atoms with van der Waals surface area (Å²) < 4.78 is 0. The second kappa shape index (κ2) is 8.80. The second-order valence-corrected chi connectivity index (χ2v) is 3.52. The van der Waals surface area contributed by atoms with Crippen LogP contribution in [0.25, 0.3) is 0 Å². The molecule has 1 aliphatic rings. The highest BCUT2D eigenvalue weighted by atomic mass is 15.1. The fourth-order valence-electron chi connectivity index (χ4n) is 1.44. The van der Waals surface area contributed by atoms with Crippen LogP contribution in [0, 0.1) is 0 Å². The van der Waals surface area contributed by atoms with Gasteiger partial charge >= 0.3 is 0 Å². The third-order valence-corrected chi connectivity index (χ3v) is 2.47. The molecule has 0 saturated heterocycles. The van der Waals surface area contributed by atoms with E-state index in [2.05, 4.69) is 36.3 Å². The number of hydrogen-bond acceptors (Lipinski definition) is 2. The van der Waals surface area contributed by atoms with Crippen molar-refractivity contribution in [1.29, 1.82) is 0 Å². The van der Waals surface area contributed by atoms with Gasteiger partial charge in [0.05, 0.1) is 6.04 Å². The van der Waals surface area contributed by atoms with Crippen molar-refractivity contribution in [3.63, 3.8) is 0 Å². The minimum atomic E-state index is 0. The smallest absolute Gasteiger partial charge is 0.128 e. The molecule has 0 bridgehead atoms. The second-order valence-electron chi connectivity index (χ2n) is 3.52. The zero-order valence-corrected chi connectivity index (χ0v) is 12.0. The van der Waals surface area contributed by atoms with E-state index in [4.69, 9.17) is 0 Å². The fraction of sp³-hybridized carbons (Fsp3) is 0.533. The van der Waals surface area contributed by atoms with Crippen molar-refractivity contribution < 1.29 is 1.43 Å².